The largest absolute Gasteiger partial charge is 0.481 e. The molecule has 1 atom stereocenters. The van der Waals surface area contributed by atoms with Crippen LogP contribution in [-0.2, 0) is 4.79 Å². The Kier molecular flexibility index (Phi) is 4.52. The molecule has 2 aliphatic heterocycles. The third kappa shape index (κ3) is 3.42. The van der Waals surface area contributed by atoms with Gasteiger partial charge in [0.2, 0.25) is 0 Å². The van der Waals surface area contributed by atoms with Crippen molar-refractivity contribution < 1.29 is 14.7 Å². The molecule has 1 unspecified atom stereocenters. The van der Waals surface area contributed by atoms with Crippen molar-refractivity contribution in [3.8, 4) is 0 Å². The van der Waals surface area contributed by atoms with E-state index in [9.17, 15) is 9.59 Å². The summed E-state index contributed by atoms with van der Waals surface area (Å²) in [7, 11) is 0. The van der Waals surface area contributed by atoms with Crippen LogP contribution < -0.4 is 5.32 Å². The monoisotopic (exact) mass is 283 g/mol. The summed E-state index contributed by atoms with van der Waals surface area (Å²) in [5.74, 6) is -0.893. The van der Waals surface area contributed by atoms with Gasteiger partial charge in [-0.25, -0.2) is 4.79 Å². The van der Waals surface area contributed by atoms with Gasteiger partial charge in [-0.15, -0.1) is 0 Å². The van der Waals surface area contributed by atoms with Gasteiger partial charge in [0, 0.05) is 32.2 Å². The van der Waals surface area contributed by atoms with Gasteiger partial charge in [-0.2, -0.15) is 0 Å². The van der Waals surface area contributed by atoms with Gasteiger partial charge in [0.15, 0.2) is 0 Å². The highest BCUT2D eigenvalue weighted by atomic mass is 16.4. The maximum atomic E-state index is 12.2. The molecule has 2 rings (SSSR count). The maximum absolute atomic E-state index is 12.2. The predicted octanol–water partition coefficient (Wildman–Crippen LogP) is 0.977. The zero-order chi connectivity index (χ0) is 14.8. The van der Waals surface area contributed by atoms with E-state index in [0.29, 0.717) is 6.04 Å². The molecule has 2 N–H and O–H groups in total. The fraction of sp³-hybridized carbons (Fsp3) is 0.857. The molecule has 0 spiro atoms. The van der Waals surface area contributed by atoms with Gasteiger partial charge >= 0.3 is 12.0 Å². The van der Waals surface area contributed by atoms with E-state index < -0.39 is 11.4 Å². The van der Waals surface area contributed by atoms with Crippen LogP contribution in [0.1, 0.15) is 33.1 Å². The van der Waals surface area contributed by atoms with Crippen LogP contribution in [0.4, 0.5) is 4.79 Å². The van der Waals surface area contributed by atoms with Crippen LogP contribution in [-0.4, -0.2) is 65.7 Å². The molecular formula is C14H25N3O3. The first-order valence-electron chi connectivity index (χ1n) is 7.40. The minimum absolute atomic E-state index is 0.131. The Hall–Kier alpha value is -1.30. The molecule has 0 saturated carbocycles. The molecule has 2 saturated heterocycles. The van der Waals surface area contributed by atoms with Crippen LogP contribution in [0.15, 0.2) is 0 Å². The van der Waals surface area contributed by atoms with Crippen molar-refractivity contribution in [2.75, 3.05) is 32.7 Å². The van der Waals surface area contributed by atoms with Crippen molar-refractivity contribution in [3.05, 3.63) is 0 Å². The molecular weight excluding hydrogens is 258 g/mol. The fourth-order valence-electron chi connectivity index (χ4n) is 2.88. The lowest BCUT2D eigenvalue weighted by molar-refractivity contribution is -0.146. The number of amides is 2. The molecule has 0 aromatic carbocycles. The summed E-state index contributed by atoms with van der Waals surface area (Å²) in [6, 6.07) is 0.351. The number of nitrogens with one attached hydrogen (secondary N) is 1. The van der Waals surface area contributed by atoms with Gasteiger partial charge < -0.3 is 15.3 Å². The third-order valence-electron chi connectivity index (χ3n) is 4.35. The zero-order valence-corrected chi connectivity index (χ0v) is 12.4. The highest BCUT2D eigenvalue weighted by Gasteiger charge is 2.32. The molecule has 0 aliphatic carbocycles. The Morgan fingerprint density at radius 3 is 2.65 bits per heavy atom. The summed E-state index contributed by atoms with van der Waals surface area (Å²) >= 11 is 0. The van der Waals surface area contributed by atoms with E-state index >= 15 is 0 Å². The summed E-state index contributed by atoms with van der Waals surface area (Å²) in [4.78, 5) is 27.6. The molecule has 6 nitrogen and oxygen atoms in total. The van der Waals surface area contributed by atoms with Crippen molar-refractivity contribution in [2.24, 2.45) is 5.41 Å². The van der Waals surface area contributed by atoms with Gasteiger partial charge in [0.05, 0.1) is 5.41 Å². The van der Waals surface area contributed by atoms with Crippen LogP contribution in [0.25, 0.3) is 0 Å². The number of carboxylic acids is 1. The van der Waals surface area contributed by atoms with E-state index in [1.807, 2.05) is 4.90 Å². The number of fused-ring (bicyclic) bond motifs is 1. The average molecular weight is 283 g/mol. The first kappa shape index (κ1) is 15.1. The molecule has 0 radical (unpaired) electrons. The lowest BCUT2D eigenvalue weighted by Gasteiger charge is -2.27. The number of hydrogen-bond acceptors (Lipinski definition) is 3. The molecule has 20 heavy (non-hydrogen) atoms. The second kappa shape index (κ2) is 5.99. The number of rotatable bonds is 3. The van der Waals surface area contributed by atoms with Crippen molar-refractivity contribution in [2.45, 2.75) is 39.2 Å². The van der Waals surface area contributed by atoms with Gasteiger partial charge in [-0.1, -0.05) is 0 Å². The molecule has 0 aromatic heterocycles. The van der Waals surface area contributed by atoms with Gasteiger partial charge in [0.1, 0.15) is 0 Å². The minimum atomic E-state index is -0.930. The zero-order valence-electron chi connectivity index (χ0n) is 12.4. The van der Waals surface area contributed by atoms with Crippen molar-refractivity contribution in [3.63, 3.8) is 0 Å². The summed E-state index contributed by atoms with van der Waals surface area (Å²) in [5, 5.41) is 11.8. The number of aliphatic carboxylic acids is 1. The Morgan fingerprint density at radius 1 is 1.25 bits per heavy atom. The van der Waals surface area contributed by atoms with Gasteiger partial charge in [-0.3, -0.25) is 9.69 Å². The Bertz CT molecular complexity index is 384. The first-order valence-corrected chi connectivity index (χ1v) is 7.40. The van der Waals surface area contributed by atoms with Crippen LogP contribution in [0.3, 0.4) is 0 Å². The molecule has 2 aliphatic rings. The summed E-state index contributed by atoms with van der Waals surface area (Å²) in [5.41, 5.74) is -0.930. The summed E-state index contributed by atoms with van der Waals surface area (Å²) < 4.78 is 0. The van der Waals surface area contributed by atoms with Crippen LogP contribution in [0.2, 0.25) is 0 Å². The van der Waals surface area contributed by atoms with Crippen LogP contribution >= 0.6 is 0 Å². The number of nitrogens with zero attached hydrogens (tertiary/aromatic N) is 2. The van der Waals surface area contributed by atoms with Gasteiger partial charge in [-0.05, 0) is 39.7 Å². The molecule has 2 heterocycles. The molecule has 0 aromatic rings. The Labute approximate surface area is 120 Å². The van der Waals surface area contributed by atoms with E-state index in [2.05, 4.69) is 10.2 Å². The van der Waals surface area contributed by atoms with E-state index in [-0.39, 0.29) is 12.6 Å². The number of carboxylic acid groups (broad SMARTS) is 1. The third-order valence-corrected chi connectivity index (χ3v) is 4.35. The molecule has 2 amide bonds. The van der Waals surface area contributed by atoms with E-state index in [0.717, 1.165) is 39.0 Å². The summed E-state index contributed by atoms with van der Waals surface area (Å²) in [6.07, 6.45) is 3.36. The number of carbonyl (C=O) groups excluding carboxylic acids is 1. The Morgan fingerprint density at radius 2 is 1.95 bits per heavy atom. The highest BCUT2D eigenvalue weighted by Crippen LogP contribution is 2.21. The lowest BCUT2D eigenvalue weighted by atomic mass is 9.94. The van der Waals surface area contributed by atoms with Crippen molar-refractivity contribution in [1.82, 2.24) is 15.1 Å². The van der Waals surface area contributed by atoms with Crippen LogP contribution in [0.5, 0.6) is 0 Å². The second-order valence-corrected chi connectivity index (χ2v) is 6.48. The standard InChI is InChI=1S/C14H25N3O3/c1-14(2,12(18)19)10-15-13(20)17-8-4-7-16-6-3-5-11(16)9-17/h11H,3-10H2,1-2H3,(H,15,20)(H,18,19). The molecule has 0 bridgehead atoms. The first-order chi connectivity index (χ1) is 9.40. The molecule has 6 heteroatoms. The fourth-order valence-corrected chi connectivity index (χ4v) is 2.88. The average Bonchev–Trinajstić information content (AvgIpc) is 2.73. The van der Waals surface area contributed by atoms with Crippen LogP contribution in [0, 0.1) is 5.41 Å². The van der Waals surface area contributed by atoms with Crippen molar-refractivity contribution in [1.29, 1.82) is 0 Å². The number of urea groups is 1. The molecule has 2 fully saturated rings. The topological polar surface area (TPSA) is 72.9 Å². The normalized spacial score (nSPS) is 24.1. The number of hydrogen-bond donors (Lipinski definition) is 2. The van der Waals surface area contributed by atoms with Crippen molar-refractivity contribution >= 4 is 12.0 Å². The number of carbonyl (C=O) groups is 2. The smallest absolute Gasteiger partial charge is 0.317 e. The Balaban J connectivity index is 1.87. The van der Waals surface area contributed by atoms with E-state index in [1.54, 1.807) is 13.8 Å². The minimum Gasteiger partial charge on any atom is -0.481 e. The predicted molar refractivity (Wildman–Crippen MR) is 75.6 cm³/mol. The van der Waals surface area contributed by atoms with E-state index in [4.69, 9.17) is 5.11 Å². The maximum Gasteiger partial charge on any atom is 0.317 e. The quantitative estimate of drug-likeness (QED) is 0.810. The molecule has 114 valence electrons. The summed E-state index contributed by atoms with van der Waals surface area (Å²) in [6.45, 7) is 7.13. The SMILES string of the molecule is CC(C)(CNC(=O)N1CCCN2CCCC2C1)C(=O)O. The second-order valence-electron chi connectivity index (χ2n) is 6.48. The van der Waals surface area contributed by atoms with Gasteiger partial charge in [0.25, 0.3) is 0 Å². The lowest BCUT2D eigenvalue weighted by Crippen LogP contribution is -2.48. The highest BCUT2D eigenvalue weighted by molar-refractivity contribution is 5.77. The van der Waals surface area contributed by atoms with E-state index in [1.165, 1.54) is 6.42 Å².